The van der Waals surface area contributed by atoms with Crippen molar-refractivity contribution >= 4 is 18.9 Å². The molecule has 0 saturated heterocycles. The molecule has 0 atom stereocenters. The van der Waals surface area contributed by atoms with E-state index < -0.39 is 0 Å². The minimum Gasteiger partial charge on any atom is 0 e. The summed E-state index contributed by atoms with van der Waals surface area (Å²) in [6.07, 6.45) is 0. The number of hydrogen-bond acceptors (Lipinski definition) is 0. The van der Waals surface area contributed by atoms with Crippen molar-refractivity contribution in [3.8, 4) is 0 Å². The van der Waals surface area contributed by atoms with Gasteiger partial charge in [-0.25, -0.2) is 0 Å². The quantitative estimate of drug-likeness (QED) is 0.526. The van der Waals surface area contributed by atoms with Crippen molar-refractivity contribution < 1.29 is 75.2 Å². The van der Waals surface area contributed by atoms with Gasteiger partial charge in [-0.2, -0.15) is 0 Å². The average Bonchev–Trinajstić information content (AvgIpc) is 0. The van der Waals surface area contributed by atoms with Crippen LogP contribution < -0.4 is 0 Å². The zero-order chi connectivity index (χ0) is 0. The van der Waals surface area contributed by atoms with E-state index in [-0.39, 0.29) is 94.0 Å². The molecule has 0 fully saturated rings. The Hall–Kier alpha value is 2.89. The van der Waals surface area contributed by atoms with Gasteiger partial charge in [0.05, 0.1) is 0 Å². The minimum absolute atomic E-state index is 0. The first-order chi connectivity index (χ1) is 0. The van der Waals surface area contributed by atoms with E-state index in [9.17, 15) is 0 Å². The summed E-state index contributed by atoms with van der Waals surface area (Å²) in [7, 11) is 0. The van der Waals surface area contributed by atoms with Crippen LogP contribution in [0.3, 0.4) is 0 Å². The summed E-state index contributed by atoms with van der Waals surface area (Å²) in [5, 5.41) is 0. The van der Waals surface area contributed by atoms with Crippen LogP contribution in [0.5, 0.6) is 0 Å². The Balaban J connectivity index is 0. The van der Waals surface area contributed by atoms with Crippen molar-refractivity contribution in [2.75, 3.05) is 0 Å². The Labute approximate surface area is 91.9 Å². The number of rotatable bonds is 0. The summed E-state index contributed by atoms with van der Waals surface area (Å²) in [6, 6.07) is 0. The van der Waals surface area contributed by atoms with Crippen molar-refractivity contribution in [1.29, 1.82) is 0 Å². The van der Waals surface area contributed by atoms with Crippen LogP contribution in [0.25, 0.3) is 0 Å². The normalized spacial score (nSPS) is 0. The van der Waals surface area contributed by atoms with Crippen molar-refractivity contribution in [2.45, 2.75) is 0 Å². The Morgan fingerprint density at radius 2 is 1.00 bits per heavy atom. The first kappa shape index (κ1) is 28.6. The van der Waals surface area contributed by atoms with E-state index in [1.807, 2.05) is 0 Å². The van der Waals surface area contributed by atoms with E-state index >= 15 is 0 Å². The molecule has 0 rings (SSSR count). The zero-order valence-electron chi connectivity index (χ0n) is 1.29. The summed E-state index contributed by atoms with van der Waals surface area (Å²) in [5.41, 5.74) is 0. The average molecular weight is 282 g/mol. The molecule has 0 unspecified atom stereocenters. The molecule has 0 amide bonds. The van der Waals surface area contributed by atoms with Gasteiger partial charge in [0.1, 0.15) is 0 Å². The Kier molecular flexibility index (Phi) is 121. The third-order valence-electron chi connectivity index (χ3n) is 0. The molecule has 4 heavy (non-hydrogen) atoms. The van der Waals surface area contributed by atoms with E-state index in [0.717, 1.165) is 0 Å². The topological polar surface area (TPSA) is 0 Å². The fourth-order valence-corrected chi connectivity index (χ4v) is 0. The first-order valence-electron chi connectivity index (χ1n) is 0. The molecule has 0 nitrogen and oxygen atoms in total. The van der Waals surface area contributed by atoms with E-state index in [2.05, 4.69) is 0 Å². The predicted octanol–water partition coefficient (Wildman–Crippen LogP) is -0.498. The Morgan fingerprint density at radius 3 is 1.00 bits per heavy atom. The molecule has 0 aromatic heterocycles. The summed E-state index contributed by atoms with van der Waals surface area (Å²) >= 11 is 0. The van der Waals surface area contributed by atoms with Gasteiger partial charge in [0.25, 0.3) is 0 Å². The van der Waals surface area contributed by atoms with Crippen LogP contribution >= 0.6 is 0 Å². The van der Waals surface area contributed by atoms with Gasteiger partial charge in [0, 0.05) is 70.4 Å². The molecule has 0 saturated carbocycles. The minimum atomic E-state index is 0. The van der Waals surface area contributed by atoms with Gasteiger partial charge >= 0.3 is 18.9 Å². The van der Waals surface area contributed by atoms with Gasteiger partial charge in [0.2, 0.25) is 0 Å². The van der Waals surface area contributed by atoms with Crippen LogP contribution in [0.2, 0.25) is 0 Å². The van der Waals surface area contributed by atoms with Gasteiger partial charge < -0.3 is 0 Å². The summed E-state index contributed by atoms with van der Waals surface area (Å²) in [6.45, 7) is 0. The Bertz CT molecular complexity index is 8.00. The molecule has 0 heterocycles. The van der Waals surface area contributed by atoms with Crippen molar-refractivity contribution in [1.82, 2.24) is 0 Å². The molecular formula is H2FHoLiY. The van der Waals surface area contributed by atoms with Crippen LogP contribution in [0.1, 0.15) is 0 Å². The van der Waals surface area contributed by atoms with Crippen LogP contribution in [-0.2, 0) is 32.7 Å². The second-order valence-corrected chi connectivity index (χ2v) is 0. The molecule has 0 aliphatic heterocycles. The monoisotopic (exact) mass is 282 g/mol. The molecule has 0 aliphatic rings. The van der Waals surface area contributed by atoms with E-state index in [4.69, 9.17) is 0 Å². The first-order valence-corrected chi connectivity index (χ1v) is 0. The maximum atomic E-state index is 0. The van der Waals surface area contributed by atoms with Crippen molar-refractivity contribution in [2.24, 2.45) is 0 Å². The van der Waals surface area contributed by atoms with Gasteiger partial charge in [-0.15, -0.1) is 0 Å². The molecule has 0 aromatic carbocycles. The van der Waals surface area contributed by atoms with Crippen molar-refractivity contribution in [3.63, 3.8) is 0 Å². The van der Waals surface area contributed by atoms with E-state index in [1.165, 1.54) is 0 Å². The smallest absolute Gasteiger partial charge is 0 e. The summed E-state index contributed by atoms with van der Waals surface area (Å²) in [4.78, 5) is 0. The van der Waals surface area contributed by atoms with Crippen LogP contribution in [0.4, 0.5) is 4.70 Å². The summed E-state index contributed by atoms with van der Waals surface area (Å²) in [5.74, 6) is 0. The molecule has 0 aromatic rings. The molecule has 0 spiro atoms. The fourth-order valence-electron chi connectivity index (χ4n) is 0. The zero-order valence-corrected chi connectivity index (χ0v) is 6.06. The molecule has 2 radical (unpaired) electrons. The maximum absolute atomic E-state index is 0. The molecule has 4 heteroatoms. The van der Waals surface area contributed by atoms with Crippen LogP contribution in [0.15, 0.2) is 0 Å². The van der Waals surface area contributed by atoms with E-state index in [1.54, 1.807) is 0 Å². The standard InChI is InChI=1S/FH.Ho.Li.Y.H/h1H;;;;. The fraction of sp³-hybridized carbons (Fsp3) is 0. The van der Waals surface area contributed by atoms with Crippen LogP contribution in [0, 0.1) is 37.7 Å². The third kappa shape index (κ3) is 8.86. The third-order valence-corrected chi connectivity index (χ3v) is 0. The molecule has 24 valence electrons. The second kappa shape index (κ2) is 16.9. The van der Waals surface area contributed by atoms with Gasteiger partial charge in [0.15, 0.2) is 0 Å². The second-order valence-electron chi connectivity index (χ2n) is 0. The van der Waals surface area contributed by atoms with Gasteiger partial charge in [-0.3, -0.25) is 4.70 Å². The molecule has 0 bridgehead atoms. The van der Waals surface area contributed by atoms with Gasteiger partial charge in [-0.1, -0.05) is 0 Å². The largest absolute Gasteiger partial charge is 0 e. The molecular weight excluding hydrogens is 280 g/mol. The maximum Gasteiger partial charge on any atom is 0 e. The molecule has 0 aliphatic carbocycles. The van der Waals surface area contributed by atoms with Crippen molar-refractivity contribution in [3.05, 3.63) is 0 Å². The van der Waals surface area contributed by atoms with E-state index in [0.29, 0.717) is 0 Å². The predicted molar refractivity (Wildman–Crippen MR) is 9.65 cm³/mol. The SMILES string of the molecule is F.[Ho].[LiH].[Y]. The Morgan fingerprint density at radius 1 is 1.00 bits per heavy atom. The van der Waals surface area contributed by atoms with Crippen LogP contribution in [-0.4, -0.2) is 18.9 Å². The number of hydrogen-bond donors (Lipinski definition) is 0. The summed E-state index contributed by atoms with van der Waals surface area (Å²) < 4.78 is 0. The number of halogens is 1. The van der Waals surface area contributed by atoms with Gasteiger partial charge in [-0.05, 0) is 0 Å². The molecule has 0 N–H and O–H groups in total.